The summed E-state index contributed by atoms with van der Waals surface area (Å²) in [6.07, 6.45) is 0. The molecule has 11 heteroatoms. The Morgan fingerprint density at radius 1 is 1.12 bits per heavy atom. The Hall–Kier alpha value is -3.63. The zero-order valence-electron chi connectivity index (χ0n) is 16.9. The summed E-state index contributed by atoms with van der Waals surface area (Å²) in [5.74, 6) is -0.960. The van der Waals surface area contributed by atoms with Gasteiger partial charge in [0.25, 0.3) is 11.6 Å². The number of nitro benzene ring substituents is 1. The summed E-state index contributed by atoms with van der Waals surface area (Å²) in [5.41, 5.74) is 1.08. The van der Waals surface area contributed by atoms with Gasteiger partial charge in [0.2, 0.25) is 0 Å². The lowest BCUT2D eigenvalue weighted by atomic mass is 10.0. The molecule has 0 radical (unpaired) electrons. The van der Waals surface area contributed by atoms with E-state index in [1.165, 1.54) is 26.4 Å². The number of rotatable bonds is 8. The molecule has 0 aliphatic heterocycles. The molecule has 9 nitrogen and oxygen atoms in total. The maximum atomic E-state index is 12.5. The van der Waals surface area contributed by atoms with Crippen LogP contribution in [0.5, 0.6) is 11.5 Å². The Morgan fingerprint density at radius 3 is 2.53 bits per heavy atom. The molecule has 166 valence electrons. The van der Waals surface area contributed by atoms with Crippen molar-refractivity contribution in [3.8, 4) is 22.6 Å². The van der Waals surface area contributed by atoms with Gasteiger partial charge in [0.1, 0.15) is 10.6 Å². The summed E-state index contributed by atoms with van der Waals surface area (Å²) in [6, 6.07) is 10.8. The molecule has 3 aromatic rings. The molecule has 0 spiro atoms. The van der Waals surface area contributed by atoms with Crippen molar-refractivity contribution in [3.05, 3.63) is 68.5 Å². The highest BCUT2D eigenvalue weighted by atomic mass is 35.5. The van der Waals surface area contributed by atoms with E-state index in [1.807, 2.05) is 0 Å². The second kappa shape index (κ2) is 10.1. The van der Waals surface area contributed by atoms with Crippen molar-refractivity contribution in [3.63, 3.8) is 0 Å². The van der Waals surface area contributed by atoms with E-state index in [4.69, 9.17) is 25.8 Å². The van der Waals surface area contributed by atoms with Crippen molar-refractivity contribution in [2.75, 3.05) is 26.1 Å². The SMILES string of the molecule is COC(=O)c1c(-c2ccccc2Cl)csc1NC(=O)COc1cc([N+](=O)[O-])ccc1OC. The number of carbonyl (C=O) groups excluding carboxylic acids is 2. The van der Waals surface area contributed by atoms with Crippen LogP contribution in [0, 0.1) is 10.1 Å². The van der Waals surface area contributed by atoms with E-state index >= 15 is 0 Å². The van der Waals surface area contributed by atoms with Crippen LogP contribution in [0.15, 0.2) is 47.8 Å². The maximum absolute atomic E-state index is 12.5. The van der Waals surface area contributed by atoms with Crippen LogP contribution < -0.4 is 14.8 Å². The van der Waals surface area contributed by atoms with Gasteiger partial charge in [0, 0.05) is 27.6 Å². The number of methoxy groups -OCH3 is 2. The van der Waals surface area contributed by atoms with Crippen LogP contribution in [0.4, 0.5) is 10.7 Å². The minimum atomic E-state index is -0.641. The molecule has 3 rings (SSSR count). The summed E-state index contributed by atoms with van der Waals surface area (Å²) in [6.45, 7) is -0.475. The Labute approximate surface area is 191 Å². The molecule has 0 bridgehead atoms. The number of nitrogens with one attached hydrogen (secondary N) is 1. The summed E-state index contributed by atoms with van der Waals surface area (Å²) in [5, 5.41) is 16.0. The van der Waals surface area contributed by atoms with Gasteiger partial charge in [-0.3, -0.25) is 14.9 Å². The molecular formula is C21H17ClN2O7S. The zero-order chi connectivity index (χ0) is 23.3. The number of ether oxygens (including phenoxy) is 3. The average Bonchev–Trinajstić information content (AvgIpc) is 3.20. The third-order valence-electron chi connectivity index (χ3n) is 4.31. The number of hydrogen-bond donors (Lipinski definition) is 1. The van der Waals surface area contributed by atoms with Gasteiger partial charge in [0.15, 0.2) is 18.1 Å². The maximum Gasteiger partial charge on any atom is 0.341 e. The lowest BCUT2D eigenvalue weighted by Gasteiger charge is -2.11. The van der Waals surface area contributed by atoms with Crippen LogP contribution in [0.25, 0.3) is 11.1 Å². The fraction of sp³-hybridized carbons (Fsp3) is 0.143. The number of thiophene rings is 1. The van der Waals surface area contributed by atoms with Gasteiger partial charge in [-0.15, -0.1) is 11.3 Å². The zero-order valence-corrected chi connectivity index (χ0v) is 18.5. The molecule has 0 saturated heterocycles. The molecule has 0 aliphatic carbocycles. The number of esters is 1. The number of nitro groups is 1. The molecule has 0 aliphatic rings. The summed E-state index contributed by atoms with van der Waals surface area (Å²) in [7, 11) is 2.61. The largest absolute Gasteiger partial charge is 0.493 e. The number of hydrogen-bond acceptors (Lipinski definition) is 8. The molecular weight excluding hydrogens is 460 g/mol. The van der Waals surface area contributed by atoms with E-state index in [2.05, 4.69) is 5.32 Å². The number of non-ortho nitro benzene ring substituents is 1. The molecule has 1 N–H and O–H groups in total. The fourth-order valence-corrected chi connectivity index (χ4v) is 4.03. The van der Waals surface area contributed by atoms with Crippen LogP contribution in [0.2, 0.25) is 5.02 Å². The van der Waals surface area contributed by atoms with Gasteiger partial charge < -0.3 is 19.5 Å². The number of carbonyl (C=O) groups is 2. The summed E-state index contributed by atoms with van der Waals surface area (Å²) in [4.78, 5) is 35.3. The van der Waals surface area contributed by atoms with Crippen LogP contribution in [0.1, 0.15) is 10.4 Å². The van der Waals surface area contributed by atoms with E-state index in [0.717, 1.165) is 17.4 Å². The van der Waals surface area contributed by atoms with Crippen LogP contribution in [0.3, 0.4) is 0 Å². The molecule has 32 heavy (non-hydrogen) atoms. The highest BCUT2D eigenvalue weighted by Crippen LogP contribution is 2.39. The minimum absolute atomic E-state index is 0.0352. The normalized spacial score (nSPS) is 10.3. The second-order valence-corrected chi connectivity index (χ2v) is 7.54. The number of benzene rings is 2. The molecule has 0 fully saturated rings. The van der Waals surface area contributed by atoms with Gasteiger partial charge in [-0.1, -0.05) is 29.8 Å². The van der Waals surface area contributed by atoms with Crippen molar-refractivity contribution in [2.24, 2.45) is 0 Å². The van der Waals surface area contributed by atoms with Gasteiger partial charge in [-0.05, 0) is 12.1 Å². The molecule has 2 aromatic carbocycles. The van der Waals surface area contributed by atoms with Crippen molar-refractivity contribution in [2.45, 2.75) is 0 Å². The van der Waals surface area contributed by atoms with Crippen molar-refractivity contribution in [1.82, 2.24) is 0 Å². The average molecular weight is 477 g/mol. The third kappa shape index (κ3) is 4.98. The predicted molar refractivity (Wildman–Crippen MR) is 120 cm³/mol. The van der Waals surface area contributed by atoms with Crippen LogP contribution in [-0.2, 0) is 9.53 Å². The van der Waals surface area contributed by atoms with Crippen LogP contribution >= 0.6 is 22.9 Å². The minimum Gasteiger partial charge on any atom is -0.493 e. The molecule has 0 unspecified atom stereocenters. The fourth-order valence-electron chi connectivity index (χ4n) is 2.83. The number of anilines is 1. The van der Waals surface area contributed by atoms with E-state index in [9.17, 15) is 19.7 Å². The Bertz CT molecular complexity index is 1180. The molecule has 0 atom stereocenters. The van der Waals surface area contributed by atoms with Crippen molar-refractivity contribution >= 4 is 45.5 Å². The topological polar surface area (TPSA) is 117 Å². The molecule has 1 aromatic heterocycles. The summed E-state index contributed by atoms with van der Waals surface area (Å²) < 4.78 is 15.4. The lowest BCUT2D eigenvalue weighted by Crippen LogP contribution is -2.21. The first-order valence-electron chi connectivity index (χ1n) is 9.05. The van der Waals surface area contributed by atoms with Gasteiger partial charge in [-0.25, -0.2) is 4.79 Å². The molecule has 0 saturated carbocycles. The predicted octanol–water partition coefficient (Wildman–Crippen LogP) is 4.79. The first-order valence-corrected chi connectivity index (χ1v) is 10.3. The van der Waals surface area contributed by atoms with E-state index in [1.54, 1.807) is 29.6 Å². The Kier molecular flexibility index (Phi) is 7.29. The second-order valence-electron chi connectivity index (χ2n) is 6.25. The highest BCUT2D eigenvalue weighted by Gasteiger charge is 2.24. The number of halogens is 1. The van der Waals surface area contributed by atoms with Crippen molar-refractivity contribution < 1.29 is 28.7 Å². The first kappa shape index (κ1) is 23.0. The molecule has 1 amide bonds. The molecule has 1 heterocycles. The number of amides is 1. The lowest BCUT2D eigenvalue weighted by molar-refractivity contribution is -0.385. The smallest absolute Gasteiger partial charge is 0.341 e. The van der Waals surface area contributed by atoms with E-state index < -0.39 is 23.4 Å². The van der Waals surface area contributed by atoms with E-state index in [-0.39, 0.29) is 27.8 Å². The monoisotopic (exact) mass is 476 g/mol. The van der Waals surface area contributed by atoms with Gasteiger partial charge in [-0.2, -0.15) is 0 Å². The van der Waals surface area contributed by atoms with Gasteiger partial charge in [0.05, 0.1) is 25.2 Å². The Morgan fingerprint density at radius 2 is 1.88 bits per heavy atom. The summed E-state index contributed by atoms with van der Waals surface area (Å²) >= 11 is 7.39. The van der Waals surface area contributed by atoms with Gasteiger partial charge >= 0.3 is 5.97 Å². The standard InChI is InChI=1S/C21H17ClN2O7S/c1-29-16-8-7-12(24(27)28)9-17(16)31-10-18(25)23-20-19(21(26)30-2)14(11-32-20)13-5-3-4-6-15(13)22/h3-9,11H,10H2,1-2H3,(H,23,25). The first-order chi connectivity index (χ1) is 15.3. The Balaban J connectivity index is 1.82. The number of nitrogens with zero attached hydrogens (tertiary/aromatic N) is 1. The third-order valence-corrected chi connectivity index (χ3v) is 5.54. The van der Waals surface area contributed by atoms with E-state index in [0.29, 0.717) is 16.1 Å². The quantitative estimate of drug-likeness (QED) is 0.282. The van der Waals surface area contributed by atoms with Crippen LogP contribution in [-0.4, -0.2) is 37.6 Å². The highest BCUT2D eigenvalue weighted by molar-refractivity contribution is 7.15. The van der Waals surface area contributed by atoms with Crippen molar-refractivity contribution in [1.29, 1.82) is 0 Å².